The van der Waals surface area contributed by atoms with Gasteiger partial charge in [0.1, 0.15) is 11.5 Å². The number of aromatic amines is 1. The van der Waals surface area contributed by atoms with Gasteiger partial charge in [-0.15, -0.1) is 12.4 Å². The molecule has 3 rings (SSSR count). The van der Waals surface area contributed by atoms with Crippen molar-refractivity contribution >= 4 is 12.4 Å². The van der Waals surface area contributed by atoms with Crippen molar-refractivity contribution in [1.82, 2.24) is 20.4 Å². The summed E-state index contributed by atoms with van der Waals surface area (Å²) in [5.74, 6) is 1.98. The Bertz CT molecular complexity index is 615. The van der Waals surface area contributed by atoms with Crippen LogP contribution < -0.4 is 5.32 Å². The molecule has 0 aromatic carbocycles. The van der Waals surface area contributed by atoms with Crippen molar-refractivity contribution in [3.63, 3.8) is 0 Å². The van der Waals surface area contributed by atoms with Crippen LogP contribution in [0, 0.1) is 20.8 Å². The number of hydrogen-bond acceptors (Lipinski definition) is 5. The summed E-state index contributed by atoms with van der Waals surface area (Å²) < 4.78 is 11.4. The van der Waals surface area contributed by atoms with Gasteiger partial charge in [0.25, 0.3) is 0 Å². The highest BCUT2D eigenvalue weighted by Gasteiger charge is 2.25. The van der Waals surface area contributed by atoms with Crippen molar-refractivity contribution in [2.45, 2.75) is 33.4 Å². The van der Waals surface area contributed by atoms with Gasteiger partial charge in [-0.3, -0.25) is 10.00 Å². The molecule has 1 aliphatic rings. The summed E-state index contributed by atoms with van der Waals surface area (Å²) >= 11 is 0. The number of nitrogens with one attached hydrogen (secondary N) is 2. The fraction of sp³-hybridized carbons (Fsp3) is 0.588. The molecule has 2 aromatic rings. The Labute approximate surface area is 149 Å². The average molecular weight is 355 g/mol. The number of morpholine rings is 1. The highest BCUT2D eigenvalue weighted by atomic mass is 35.5. The van der Waals surface area contributed by atoms with Crippen LogP contribution in [0.15, 0.2) is 16.5 Å². The summed E-state index contributed by atoms with van der Waals surface area (Å²) in [5, 5.41) is 10.9. The molecule has 2 aromatic heterocycles. The van der Waals surface area contributed by atoms with E-state index in [9.17, 15) is 0 Å². The lowest BCUT2D eigenvalue weighted by Crippen LogP contribution is -2.42. The van der Waals surface area contributed by atoms with E-state index in [0.717, 1.165) is 62.3 Å². The molecule has 0 aliphatic carbocycles. The molecular weight excluding hydrogens is 328 g/mol. The Balaban J connectivity index is 0.00000208. The van der Waals surface area contributed by atoms with Gasteiger partial charge in [-0.05, 0) is 32.9 Å². The predicted molar refractivity (Wildman–Crippen MR) is 95.6 cm³/mol. The van der Waals surface area contributed by atoms with Gasteiger partial charge in [0.15, 0.2) is 0 Å². The Morgan fingerprint density at radius 3 is 2.58 bits per heavy atom. The summed E-state index contributed by atoms with van der Waals surface area (Å²) in [6, 6.07) is 4.36. The minimum absolute atomic E-state index is 0. The molecular formula is C17H27ClN4O2. The second-order valence-corrected chi connectivity index (χ2v) is 6.16. The molecule has 1 fully saturated rings. The van der Waals surface area contributed by atoms with Crippen LogP contribution in [0.3, 0.4) is 0 Å². The number of H-pyrrole nitrogens is 1. The Morgan fingerprint density at radius 1 is 1.25 bits per heavy atom. The standard InChI is InChI=1S/C17H26N4O2.ClH/c1-12-4-5-17(23-12)16(21-6-8-22-9-7-21)11-18-10-15-13(2)19-20-14(15)3;/h4-5,16,18H,6-11H2,1-3H3,(H,19,20);1H. The van der Waals surface area contributed by atoms with Gasteiger partial charge in [0.05, 0.1) is 24.9 Å². The van der Waals surface area contributed by atoms with Crippen LogP contribution in [0.1, 0.15) is 34.5 Å². The minimum Gasteiger partial charge on any atom is -0.465 e. The van der Waals surface area contributed by atoms with Crippen LogP contribution in [-0.2, 0) is 11.3 Å². The molecule has 1 aliphatic heterocycles. The molecule has 6 nitrogen and oxygen atoms in total. The minimum atomic E-state index is 0. The van der Waals surface area contributed by atoms with Crippen LogP contribution in [0.4, 0.5) is 0 Å². The summed E-state index contributed by atoms with van der Waals surface area (Å²) in [6.07, 6.45) is 0. The maximum absolute atomic E-state index is 5.89. The quantitative estimate of drug-likeness (QED) is 0.834. The Kier molecular flexibility index (Phi) is 6.86. The number of aryl methyl sites for hydroxylation is 3. The van der Waals surface area contributed by atoms with Crippen LogP contribution in [0.2, 0.25) is 0 Å². The van der Waals surface area contributed by atoms with Crippen LogP contribution >= 0.6 is 12.4 Å². The second kappa shape index (κ2) is 8.67. The third-order valence-corrected chi connectivity index (χ3v) is 4.50. The molecule has 1 atom stereocenters. The summed E-state index contributed by atoms with van der Waals surface area (Å²) in [7, 11) is 0. The number of rotatable bonds is 6. The molecule has 7 heteroatoms. The van der Waals surface area contributed by atoms with Gasteiger partial charge in [-0.25, -0.2) is 0 Å². The first-order valence-corrected chi connectivity index (χ1v) is 8.24. The summed E-state index contributed by atoms with van der Waals surface area (Å²) in [4.78, 5) is 2.43. The van der Waals surface area contributed by atoms with Gasteiger partial charge in [-0.2, -0.15) is 5.10 Å². The SMILES string of the molecule is Cc1ccc(C(CNCc2c(C)n[nH]c2C)N2CCOCC2)o1.Cl. The van der Waals surface area contributed by atoms with E-state index in [4.69, 9.17) is 9.15 Å². The maximum Gasteiger partial charge on any atom is 0.122 e. The lowest BCUT2D eigenvalue weighted by Gasteiger charge is -2.33. The number of furan rings is 1. The van der Waals surface area contributed by atoms with E-state index in [1.165, 1.54) is 5.56 Å². The molecule has 0 radical (unpaired) electrons. The van der Waals surface area contributed by atoms with Gasteiger partial charge < -0.3 is 14.5 Å². The van der Waals surface area contributed by atoms with Crippen LogP contribution in [0.25, 0.3) is 0 Å². The zero-order valence-corrected chi connectivity index (χ0v) is 15.4. The number of aromatic nitrogens is 2. The van der Waals surface area contributed by atoms with E-state index in [1.807, 2.05) is 19.9 Å². The van der Waals surface area contributed by atoms with E-state index >= 15 is 0 Å². The highest BCUT2D eigenvalue weighted by molar-refractivity contribution is 5.85. The summed E-state index contributed by atoms with van der Waals surface area (Å²) in [5.41, 5.74) is 3.44. The largest absolute Gasteiger partial charge is 0.465 e. The summed E-state index contributed by atoms with van der Waals surface area (Å²) in [6.45, 7) is 11.2. The molecule has 2 N–H and O–H groups in total. The first kappa shape index (κ1) is 19.0. The van der Waals surface area contributed by atoms with Crippen LogP contribution in [-0.4, -0.2) is 47.9 Å². The normalized spacial score (nSPS) is 16.8. The van der Waals surface area contributed by atoms with Crippen molar-refractivity contribution in [1.29, 1.82) is 0 Å². The maximum atomic E-state index is 5.89. The molecule has 3 heterocycles. The van der Waals surface area contributed by atoms with E-state index in [2.05, 4.69) is 33.4 Å². The Morgan fingerprint density at radius 2 is 2.00 bits per heavy atom. The van der Waals surface area contributed by atoms with E-state index in [0.29, 0.717) is 0 Å². The molecule has 1 saturated heterocycles. The zero-order valence-electron chi connectivity index (χ0n) is 14.6. The molecule has 0 bridgehead atoms. The lowest BCUT2D eigenvalue weighted by atomic mass is 10.1. The van der Waals surface area contributed by atoms with E-state index < -0.39 is 0 Å². The first-order chi connectivity index (χ1) is 11.1. The third-order valence-electron chi connectivity index (χ3n) is 4.50. The van der Waals surface area contributed by atoms with Gasteiger partial charge in [-0.1, -0.05) is 0 Å². The monoisotopic (exact) mass is 354 g/mol. The van der Waals surface area contributed by atoms with Gasteiger partial charge in [0.2, 0.25) is 0 Å². The first-order valence-electron chi connectivity index (χ1n) is 8.24. The van der Waals surface area contributed by atoms with Crippen molar-refractivity contribution < 1.29 is 9.15 Å². The van der Waals surface area contributed by atoms with E-state index in [1.54, 1.807) is 0 Å². The number of ether oxygens (including phenoxy) is 1. The molecule has 0 amide bonds. The van der Waals surface area contributed by atoms with Crippen molar-refractivity contribution in [3.8, 4) is 0 Å². The second-order valence-electron chi connectivity index (χ2n) is 6.16. The van der Waals surface area contributed by atoms with Crippen molar-refractivity contribution in [3.05, 3.63) is 40.6 Å². The molecule has 134 valence electrons. The zero-order chi connectivity index (χ0) is 16.2. The molecule has 0 spiro atoms. The fourth-order valence-electron chi connectivity index (χ4n) is 3.10. The molecule has 24 heavy (non-hydrogen) atoms. The number of halogens is 1. The van der Waals surface area contributed by atoms with Crippen molar-refractivity contribution in [2.75, 3.05) is 32.8 Å². The van der Waals surface area contributed by atoms with Gasteiger partial charge >= 0.3 is 0 Å². The fourth-order valence-corrected chi connectivity index (χ4v) is 3.10. The highest BCUT2D eigenvalue weighted by Crippen LogP contribution is 2.23. The molecule has 0 saturated carbocycles. The van der Waals surface area contributed by atoms with Crippen LogP contribution in [0.5, 0.6) is 0 Å². The third kappa shape index (κ3) is 4.39. The topological polar surface area (TPSA) is 66.3 Å². The number of nitrogens with zero attached hydrogens (tertiary/aromatic N) is 2. The average Bonchev–Trinajstić information content (AvgIpc) is 3.12. The molecule has 1 unspecified atom stereocenters. The predicted octanol–water partition coefficient (Wildman–Crippen LogP) is 2.51. The number of hydrogen-bond donors (Lipinski definition) is 2. The van der Waals surface area contributed by atoms with Crippen molar-refractivity contribution in [2.24, 2.45) is 0 Å². The smallest absolute Gasteiger partial charge is 0.122 e. The lowest BCUT2D eigenvalue weighted by molar-refractivity contribution is 0.0115. The van der Waals surface area contributed by atoms with Gasteiger partial charge in [0, 0.05) is 37.4 Å². The Hall–Kier alpha value is -1.34. The van der Waals surface area contributed by atoms with E-state index in [-0.39, 0.29) is 18.4 Å².